The maximum Gasteiger partial charge on any atom is 0.258 e. The molecule has 0 radical (unpaired) electrons. The molecule has 2 bridgehead atoms. The molecule has 9 heteroatoms. The van der Waals surface area contributed by atoms with Crippen molar-refractivity contribution in [3.8, 4) is 5.75 Å². The van der Waals surface area contributed by atoms with Gasteiger partial charge in [0, 0.05) is 17.6 Å². The smallest absolute Gasteiger partial charge is 0.258 e. The van der Waals surface area contributed by atoms with Crippen molar-refractivity contribution >= 4 is 23.4 Å². The summed E-state index contributed by atoms with van der Waals surface area (Å²) in [7, 11) is 0. The van der Waals surface area contributed by atoms with Crippen molar-refractivity contribution in [2.45, 2.75) is 36.9 Å². The predicted molar refractivity (Wildman–Crippen MR) is 94.8 cm³/mol. The van der Waals surface area contributed by atoms with Gasteiger partial charge < -0.3 is 20.1 Å². The first-order valence-corrected chi connectivity index (χ1v) is 9.32. The van der Waals surface area contributed by atoms with Gasteiger partial charge in [-0.05, 0) is 37.3 Å². The first kappa shape index (κ1) is 18.5. The Bertz CT molecular complexity index is 750. The highest BCUT2D eigenvalue weighted by atomic mass is 35.5. The molecule has 3 saturated carbocycles. The minimum Gasteiger partial charge on any atom is -0.484 e. The Balaban J connectivity index is 1.24. The number of rotatable bonds is 6. The van der Waals surface area contributed by atoms with Crippen molar-refractivity contribution < 1.29 is 23.5 Å². The number of halogens is 2. The van der Waals surface area contributed by atoms with Crippen LogP contribution in [0.2, 0.25) is 5.02 Å². The molecule has 2 amide bonds. The molecule has 3 aliphatic carbocycles. The zero-order valence-electron chi connectivity index (χ0n) is 14.6. The molecule has 1 aromatic carbocycles. The van der Waals surface area contributed by atoms with Gasteiger partial charge in [-0.1, -0.05) is 11.6 Å². The van der Waals surface area contributed by atoms with Gasteiger partial charge in [-0.3, -0.25) is 14.9 Å². The predicted octanol–water partition coefficient (Wildman–Crippen LogP) is 0.957. The first-order valence-electron chi connectivity index (χ1n) is 8.94. The molecule has 2 atom stereocenters. The van der Waals surface area contributed by atoms with E-state index in [-0.39, 0.29) is 46.8 Å². The van der Waals surface area contributed by atoms with E-state index >= 15 is 0 Å². The van der Waals surface area contributed by atoms with Crippen molar-refractivity contribution in [2.75, 3.05) is 19.9 Å². The van der Waals surface area contributed by atoms with Crippen LogP contribution in [0.15, 0.2) is 18.2 Å². The lowest BCUT2D eigenvalue weighted by atomic mass is 9.76. The number of amides is 2. The number of hydrogen-bond acceptors (Lipinski definition) is 5. The van der Waals surface area contributed by atoms with Crippen LogP contribution in [0.5, 0.6) is 5.75 Å². The van der Waals surface area contributed by atoms with Gasteiger partial charge in [0.1, 0.15) is 17.6 Å². The van der Waals surface area contributed by atoms with Crippen LogP contribution in [0.25, 0.3) is 0 Å². The third kappa shape index (κ3) is 3.88. The average molecular weight is 398 g/mol. The summed E-state index contributed by atoms with van der Waals surface area (Å²) in [5, 5.41) is 9.07. The third-order valence-corrected chi connectivity index (χ3v) is 5.82. The second-order valence-electron chi connectivity index (χ2n) is 7.45. The molecule has 4 fully saturated rings. The van der Waals surface area contributed by atoms with Gasteiger partial charge in [0.05, 0.1) is 18.4 Å². The lowest BCUT2D eigenvalue weighted by Crippen LogP contribution is -2.53. The van der Waals surface area contributed by atoms with E-state index in [0.29, 0.717) is 25.7 Å². The highest BCUT2D eigenvalue weighted by Gasteiger charge is 2.57. The fourth-order valence-electron chi connectivity index (χ4n) is 4.20. The topological polar surface area (TPSA) is 88.7 Å². The molecule has 1 aromatic rings. The van der Waals surface area contributed by atoms with Crippen LogP contribution < -0.4 is 20.7 Å². The summed E-state index contributed by atoms with van der Waals surface area (Å²) in [6.07, 6.45) is 2.39. The molecule has 5 rings (SSSR count). The van der Waals surface area contributed by atoms with Crippen molar-refractivity contribution in [1.82, 2.24) is 16.0 Å². The fourth-order valence-corrected chi connectivity index (χ4v) is 4.32. The number of carbonyl (C=O) groups excluding carboxylic acids is 2. The standard InChI is InChI=1S/C18H21ClFN3O4/c19-12-2-1-11(3-13(12)20)27-8-16(24)23-18-4-10(5-18)14(6-18)22-17(25)15-7-26-9-21-15/h1-3,10,14-15,21H,4-9H2,(H,22,25)(H,23,24). The molecular weight excluding hydrogens is 377 g/mol. The molecule has 4 aliphatic rings. The van der Waals surface area contributed by atoms with Gasteiger partial charge >= 0.3 is 0 Å². The fraction of sp³-hybridized carbons (Fsp3) is 0.556. The van der Waals surface area contributed by atoms with Gasteiger partial charge in [-0.25, -0.2) is 4.39 Å². The summed E-state index contributed by atoms with van der Waals surface area (Å²) < 4.78 is 23.9. The molecule has 7 nitrogen and oxygen atoms in total. The number of fused-ring (bicyclic) bond motifs is 1. The molecular formula is C18H21ClFN3O4. The van der Waals surface area contributed by atoms with Crippen LogP contribution in [0.4, 0.5) is 4.39 Å². The average Bonchev–Trinajstić information content (AvgIpc) is 3.31. The van der Waals surface area contributed by atoms with E-state index in [1.54, 1.807) is 0 Å². The third-order valence-electron chi connectivity index (χ3n) is 5.51. The van der Waals surface area contributed by atoms with Crippen molar-refractivity contribution in [3.05, 3.63) is 29.0 Å². The SMILES string of the molecule is O=C(COc1ccc(Cl)c(F)c1)NC12CC(C1)C(NC(=O)C1COCN1)C2. The number of nitrogens with one attached hydrogen (secondary N) is 3. The largest absolute Gasteiger partial charge is 0.484 e. The minimum absolute atomic E-state index is 0.00427. The second-order valence-corrected chi connectivity index (χ2v) is 7.86. The Hall–Kier alpha value is -1.90. The zero-order valence-corrected chi connectivity index (χ0v) is 15.4. The Kier molecular flexibility index (Phi) is 4.96. The van der Waals surface area contributed by atoms with Gasteiger partial charge in [-0.15, -0.1) is 0 Å². The number of hydrogen-bond donors (Lipinski definition) is 3. The van der Waals surface area contributed by atoms with Crippen LogP contribution in [0.1, 0.15) is 19.3 Å². The van der Waals surface area contributed by atoms with Crippen LogP contribution in [-0.2, 0) is 14.3 Å². The zero-order chi connectivity index (χ0) is 19.0. The number of ether oxygens (including phenoxy) is 2. The first-order chi connectivity index (χ1) is 12.9. The number of carbonyl (C=O) groups is 2. The van der Waals surface area contributed by atoms with E-state index in [9.17, 15) is 14.0 Å². The van der Waals surface area contributed by atoms with Crippen molar-refractivity contribution in [2.24, 2.45) is 5.92 Å². The Morgan fingerprint density at radius 1 is 1.37 bits per heavy atom. The monoisotopic (exact) mass is 397 g/mol. The molecule has 1 saturated heterocycles. The van der Waals surface area contributed by atoms with Crippen LogP contribution in [0, 0.1) is 11.7 Å². The maximum absolute atomic E-state index is 13.4. The van der Waals surface area contributed by atoms with E-state index in [0.717, 1.165) is 18.9 Å². The normalized spacial score (nSPS) is 31.3. The van der Waals surface area contributed by atoms with Gasteiger partial charge in [0.25, 0.3) is 5.91 Å². The lowest BCUT2D eigenvalue weighted by molar-refractivity contribution is -0.126. The molecule has 3 N–H and O–H groups in total. The van der Waals surface area contributed by atoms with Gasteiger partial charge in [0.2, 0.25) is 5.91 Å². The van der Waals surface area contributed by atoms with E-state index in [1.165, 1.54) is 12.1 Å². The summed E-state index contributed by atoms with van der Waals surface area (Å²) >= 11 is 5.62. The Morgan fingerprint density at radius 3 is 2.89 bits per heavy atom. The molecule has 146 valence electrons. The molecule has 2 unspecified atom stereocenters. The summed E-state index contributed by atoms with van der Waals surface area (Å²) in [5.41, 5.74) is -0.284. The molecule has 0 spiro atoms. The summed E-state index contributed by atoms with van der Waals surface area (Å²) in [6, 6.07) is 3.80. The van der Waals surface area contributed by atoms with E-state index in [4.69, 9.17) is 21.1 Å². The summed E-state index contributed by atoms with van der Waals surface area (Å²) in [6.45, 7) is 0.575. The molecule has 1 heterocycles. The highest BCUT2D eigenvalue weighted by Crippen LogP contribution is 2.52. The van der Waals surface area contributed by atoms with Crippen LogP contribution >= 0.6 is 11.6 Å². The van der Waals surface area contributed by atoms with Crippen molar-refractivity contribution in [1.29, 1.82) is 0 Å². The molecule has 27 heavy (non-hydrogen) atoms. The molecule has 1 aliphatic heterocycles. The van der Waals surface area contributed by atoms with Gasteiger partial charge in [-0.2, -0.15) is 0 Å². The molecule has 0 aromatic heterocycles. The number of benzene rings is 1. The van der Waals surface area contributed by atoms with E-state index in [2.05, 4.69) is 16.0 Å². The highest BCUT2D eigenvalue weighted by molar-refractivity contribution is 6.30. The van der Waals surface area contributed by atoms with Crippen LogP contribution in [0.3, 0.4) is 0 Å². The Labute approximate surface area is 160 Å². The Morgan fingerprint density at radius 2 is 2.19 bits per heavy atom. The minimum atomic E-state index is -0.591. The maximum atomic E-state index is 13.4. The van der Waals surface area contributed by atoms with Crippen LogP contribution in [-0.4, -0.2) is 49.4 Å². The summed E-state index contributed by atoms with van der Waals surface area (Å²) in [5.74, 6) is -0.283. The van der Waals surface area contributed by atoms with Crippen molar-refractivity contribution in [3.63, 3.8) is 0 Å². The quantitative estimate of drug-likeness (QED) is 0.665. The van der Waals surface area contributed by atoms with Gasteiger partial charge in [0.15, 0.2) is 6.61 Å². The van der Waals surface area contributed by atoms with E-state index in [1.807, 2.05) is 0 Å². The summed E-state index contributed by atoms with van der Waals surface area (Å²) in [4.78, 5) is 24.4. The second kappa shape index (κ2) is 7.26. The lowest BCUT2D eigenvalue weighted by Gasteiger charge is -2.39. The van der Waals surface area contributed by atoms with E-state index < -0.39 is 5.82 Å².